The lowest BCUT2D eigenvalue weighted by molar-refractivity contribution is -0.137. The van der Waals surface area contributed by atoms with Crippen LogP contribution in [-0.2, 0) is 6.18 Å². The quantitative estimate of drug-likeness (QED) is 0.531. The van der Waals surface area contributed by atoms with Crippen molar-refractivity contribution in [3.8, 4) is 0 Å². The number of aromatic nitrogens is 3. The molecule has 0 aliphatic heterocycles. The number of hydrogen-bond donors (Lipinski definition) is 2. The molecule has 3 N–H and O–H groups in total. The van der Waals surface area contributed by atoms with Gasteiger partial charge in [0.15, 0.2) is 0 Å². The van der Waals surface area contributed by atoms with Crippen LogP contribution in [0.4, 0.5) is 30.4 Å². The first-order chi connectivity index (χ1) is 13.8. The minimum Gasteiger partial charge on any atom is -0.382 e. The predicted octanol–water partition coefficient (Wildman–Crippen LogP) is 4.54. The van der Waals surface area contributed by atoms with E-state index in [2.05, 4.69) is 15.2 Å². The van der Waals surface area contributed by atoms with E-state index in [1.165, 1.54) is 23.1 Å². The molecule has 0 atom stereocenters. The number of H-pyrrole nitrogens is 1. The molecule has 2 aromatic heterocycles. The molecule has 0 fully saturated rings. The zero-order valence-corrected chi connectivity index (χ0v) is 14.8. The standard InChI is InChI=1S/C20H14F3N5O/c21-20(22,23)13-4-2-5-14(9-13)28(19(29)16-10-18(24)27-26-16)17-6-1-3-12-11-25-8-7-15(12)17/h1-11H,(H3,24,26,27). The molecule has 4 rings (SSSR count). The summed E-state index contributed by atoms with van der Waals surface area (Å²) in [7, 11) is 0. The number of anilines is 3. The summed E-state index contributed by atoms with van der Waals surface area (Å²) in [6, 6.07) is 12.8. The summed E-state index contributed by atoms with van der Waals surface area (Å²) in [5.41, 5.74) is 5.24. The largest absolute Gasteiger partial charge is 0.416 e. The van der Waals surface area contributed by atoms with E-state index in [9.17, 15) is 18.0 Å². The van der Waals surface area contributed by atoms with E-state index in [1.54, 1.807) is 36.7 Å². The van der Waals surface area contributed by atoms with Crippen LogP contribution in [0.15, 0.2) is 67.0 Å². The van der Waals surface area contributed by atoms with Gasteiger partial charge in [0.1, 0.15) is 11.5 Å². The number of amides is 1. The maximum atomic E-state index is 13.3. The smallest absolute Gasteiger partial charge is 0.382 e. The summed E-state index contributed by atoms with van der Waals surface area (Å²) < 4.78 is 39.8. The fraction of sp³-hybridized carbons (Fsp3) is 0.0500. The molecule has 4 aromatic rings. The summed E-state index contributed by atoms with van der Waals surface area (Å²) >= 11 is 0. The number of rotatable bonds is 3. The fourth-order valence-corrected chi connectivity index (χ4v) is 3.05. The fourth-order valence-electron chi connectivity index (χ4n) is 3.05. The van der Waals surface area contributed by atoms with Crippen molar-refractivity contribution in [3.63, 3.8) is 0 Å². The number of fused-ring (bicyclic) bond motifs is 1. The Labute approximate surface area is 162 Å². The van der Waals surface area contributed by atoms with Crippen LogP contribution in [0.5, 0.6) is 0 Å². The molecule has 2 heterocycles. The Kier molecular flexibility index (Phi) is 4.42. The minimum atomic E-state index is -4.55. The summed E-state index contributed by atoms with van der Waals surface area (Å²) in [5, 5.41) is 7.65. The third-order valence-electron chi connectivity index (χ3n) is 4.36. The predicted molar refractivity (Wildman–Crippen MR) is 103 cm³/mol. The van der Waals surface area contributed by atoms with E-state index in [4.69, 9.17) is 5.73 Å². The third kappa shape index (κ3) is 3.49. The third-order valence-corrected chi connectivity index (χ3v) is 4.36. The highest BCUT2D eigenvalue weighted by Crippen LogP contribution is 2.37. The van der Waals surface area contributed by atoms with Gasteiger partial charge in [-0.25, -0.2) is 0 Å². The highest BCUT2D eigenvalue weighted by atomic mass is 19.4. The average Bonchev–Trinajstić information content (AvgIpc) is 3.14. The van der Waals surface area contributed by atoms with Crippen LogP contribution < -0.4 is 10.6 Å². The Morgan fingerprint density at radius 2 is 1.86 bits per heavy atom. The monoisotopic (exact) mass is 397 g/mol. The summed E-state index contributed by atoms with van der Waals surface area (Å²) in [6.45, 7) is 0. The number of aromatic amines is 1. The van der Waals surface area contributed by atoms with Crippen molar-refractivity contribution in [2.24, 2.45) is 0 Å². The normalized spacial score (nSPS) is 11.6. The number of carbonyl (C=O) groups excluding carboxylic acids is 1. The van der Waals surface area contributed by atoms with Gasteiger partial charge in [-0.15, -0.1) is 0 Å². The number of pyridine rings is 1. The Morgan fingerprint density at radius 3 is 2.59 bits per heavy atom. The minimum absolute atomic E-state index is 0.0472. The second kappa shape index (κ2) is 6.93. The van der Waals surface area contributed by atoms with Gasteiger partial charge in [-0.3, -0.25) is 19.8 Å². The van der Waals surface area contributed by atoms with Gasteiger partial charge in [0.2, 0.25) is 0 Å². The molecule has 0 radical (unpaired) electrons. The van der Waals surface area contributed by atoms with Crippen molar-refractivity contribution >= 4 is 33.9 Å². The molecule has 0 bridgehead atoms. The van der Waals surface area contributed by atoms with Gasteiger partial charge in [-0.2, -0.15) is 18.3 Å². The van der Waals surface area contributed by atoms with Crippen molar-refractivity contribution < 1.29 is 18.0 Å². The number of nitrogens with zero attached hydrogens (tertiary/aromatic N) is 3. The first-order valence-corrected chi connectivity index (χ1v) is 8.50. The number of nitrogens with two attached hydrogens (primary N) is 1. The molecule has 0 aliphatic carbocycles. The van der Waals surface area contributed by atoms with Gasteiger partial charge >= 0.3 is 6.18 Å². The Bertz CT molecular complexity index is 1200. The van der Waals surface area contributed by atoms with E-state index < -0.39 is 17.6 Å². The van der Waals surface area contributed by atoms with Crippen LogP contribution >= 0.6 is 0 Å². The number of hydrogen-bond acceptors (Lipinski definition) is 4. The van der Waals surface area contributed by atoms with Crippen molar-refractivity contribution in [2.45, 2.75) is 6.18 Å². The Balaban J connectivity index is 1.94. The van der Waals surface area contributed by atoms with Crippen LogP contribution in [-0.4, -0.2) is 21.1 Å². The maximum Gasteiger partial charge on any atom is 0.416 e. The number of alkyl halides is 3. The van der Waals surface area contributed by atoms with Gasteiger partial charge in [-0.1, -0.05) is 18.2 Å². The van der Waals surface area contributed by atoms with Gasteiger partial charge in [0.05, 0.1) is 11.3 Å². The molecule has 1 amide bonds. The van der Waals surface area contributed by atoms with E-state index >= 15 is 0 Å². The first-order valence-electron chi connectivity index (χ1n) is 8.50. The molecule has 6 nitrogen and oxygen atoms in total. The van der Waals surface area contributed by atoms with E-state index in [-0.39, 0.29) is 17.2 Å². The van der Waals surface area contributed by atoms with E-state index in [1.807, 2.05) is 0 Å². The Hall–Kier alpha value is -3.88. The lowest BCUT2D eigenvalue weighted by Crippen LogP contribution is -2.27. The van der Waals surface area contributed by atoms with Crippen molar-refractivity contribution in [2.75, 3.05) is 10.6 Å². The van der Waals surface area contributed by atoms with Crippen LogP contribution in [0.1, 0.15) is 16.1 Å². The summed E-state index contributed by atoms with van der Waals surface area (Å²) in [4.78, 5) is 18.5. The van der Waals surface area contributed by atoms with Crippen molar-refractivity contribution in [1.82, 2.24) is 15.2 Å². The molecule has 2 aromatic carbocycles. The molecule has 0 saturated carbocycles. The zero-order valence-electron chi connectivity index (χ0n) is 14.8. The molecule has 146 valence electrons. The van der Waals surface area contributed by atoms with Crippen LogP contribution in [0.25, 0.3) is 10.8 Å². The molecule has 9 heteroatoms. The van der Waals surface area contributed by atoms with Gasteiger partial charge in [0, 0.05) is 34.9 Å². The SMILES string of the molecule is Nc1cc(C(=O)N(c2cccc(C(F)(F)F)c2)c2cccc3cnccc23)[nH]n1. The number of benzene rings is 2. The second-order valence-corrected chi connectivity index (χ2v) is 6.27. The molecule has 0 unspecified atom stereocenters. The van der Waals surface area contributed by atoms with E-state index in [0.29, 0.717) is 11.1 Å². The molecular weight excluding hydrogens is 383 g/mol. The van der Waals surface area contributed by atoms with Gasteiger partial charge in [-0.05, 0) is 30.3 Å². The van der Waals surface area contributed by atoms with E-state index in [0.717, 1.165) is 17.5 Å². The molecule has 0 aliphatic rings. The molecular formula is C20H14F3N5O. The van der Waals surface area contributed by atoms with Crippen LogP contribution in [0, 0.1) is 0 Å². The molecule has 0 spiro atoms. The van der Waals surface area contributed by atoms with Crippen molar-refractivity contribution in [3.05, 3.63) is 78.2 Å². The summed E-state index contributed by atoms with van der Waals surface area (Å²) in [6.07, 6.45) is -1.39. The lowest BCUT2D eigenvalue weighted by atomic mass is 10.1. The molecule has 29 heavy (non-hydrogen) atoms. The number of nitrogen functional groups attached to an aromatic ring is 1. The van der Waals surface area contributed by atoms with Crippen molar-refractivity contribution in [1.29, 1.82) is 0 Å². The molecule has 0 saturated heterocycles. The van der Waals surface area contributed by atoms with Gasteiger partial charge < -0.3 is 5.73 Å². The highest BCUT2D eigenvalue weighted by molar-refractivity contribution is 6.14. The number of halogens is 3. The number of nitrogens with one attached hydrogen (secondary N) is 1. The average molecular weight is 397 g/mol. The van der Waals surface area contributed by atoms with Gasteiger partial charge in [0.25, 0.3) is 5.91 Å². The zero-order chi connectivity index (χ0) is 20.6. The summed E-state index contributed by atoms with van der Waals surface area (Å²) in [5.74, 6) is -0.503. The Morgan fingerprint density at radius 1 is 1.07 bits per heavy atom. The maximum absolute atomic E-state index is 13.3. The van der Waals surface area contributed by atoms with Crippen LogP contribution in [0.2, 0.25) is 0 Å². The highest BCUT2D eigenvalue weighted by Gasteiger charge is 2.32. The second-order valence-electron chi connectivity index (χ2n) is 6.27. The first kappa shape index (κ1) is 18.5. The topological polar surface area (TPSA) is 87.9 Å². The number of carbonyl (C=O) groups is 1. The lowest BCUT2D eigenvalue weighted by Gasteiger charge is -2.24. The van der Waals surface area contributed by atoms with Crippen LogP contribution in [0.3, 0.4) is 0 Å².